The number of sulfonamides is 1. The lowest BCUT2D eigenvalue weighted by Gasteiger charge is -2.24. The third-order valence-electron chi connectivity index (χ3n) is 5.38. The second-order valence-corrected chi connectivity index (χ2v) is 9.21. The van der Waals surface area contributed by atoms with Crippen LogP contribution in [0, 0.1) is 13.8 Å². The number of aryl methyl sites for hydroxylation is 2. The zero-order valence-electron chi connectivity index (χ0n) is 17.2. The molecule has 0 N–H and O–H groups in total. The van der Waals surface area contributed by atoms with E-state index in [0.717, 1.165) is 28.2 Å². The van der Waals surface area contributed by atoms with E-state index in [1.54, 1.807) is 32.2 Å². The van der Waals surface area contributed by atoms with Crippen LogP contribution in [-0.2, 0) is 10.0 Å². The highest BCUT2D eigenvalue weighted by molar-refractivity contribution is 7.89. The first-order valence-corrected chi connectivity index (χ1v) is 11.2. The quantitative estimate of drug-likeness (QED) is 0.593. The molecule has 30 heavy (non-hydrogen) atoms. The smallest absolute Gasteiger partial charge is 0.279 e. The van der Waals surface area contributed by atoms with Gasteiger partial charge < -0.3 is 4.74 Å². The molecular weight excluding hydrogens is 396 g/mol. The van der Waals surface area contributed by atoms with Gasteiger partial charge in [-0.25, -0.2) is 0 Å². The maximum Gasteiger partial charge on any atom is 0.279 e. The molecule has 1 aliphatic rings. The summed E-state index contributed by atoms with van der Waals surface area (Å²) in [5.74, 6) is 0.727. The van der Waals surface area contributed by atoms with Gasteiger partial charge in [0.1, 0.15) is 5.75 Å². The largest absolute Gasteiger partial charge is 0.497 e. The molecule has 6 heteroatoms. The predicted octanol–water partition coefficient (Wildman–Crippen LogP) is 4.85. The van der Waals surface area contributed by atoms with Gasteiger partial charge >= 0.3 is 0 Å². The van der Waals surface area contributed by atoms with Crippen LogP contribution in [0.5, 0.6) is 5.75 Å². The van der Waals surface area contributed by atoms with E-state index in [4.69, 9.17) is 4.74 Å². The highest BCUT2D eigenvalue weighted by atomic mass is 32.2. The SMILES string of the molecule is COc1ccc(C2CC(c3ccc(C)cc3)=NN2S(=O)(=O)c2ccccc2C)cc1. The van der Waals surface area contributed by atoms with Crippen molar-refractivity contribution < 1.29 is 13.2 Å². The molecule has 1 heterocycles. The van der Waals surface area contributed by atoms with Gasteiger partial charge in [-0.2, -0.15) is 17.9 Å². The highest BCUT2D eigenvalue weighted by Crippen LogP contribution is 2.38. The molecule has 3 aromatic carbocycles. The molecule has 0 aromatic heterocycles. The number of ether oxygens (including phenoxy) is 1. The van der Waals surface area contributed by atoms with Gasteiger partial charge in [0.2, 0.25) is 0 Å². The second kappa shape index (κ2) is 7.95. The fraction of sp³-hybridized carbons (Fsp3) is 0.208. The normalized spacial score (nSPS) is 16.4. The first-order valence-electron chi connectivity index (χ1n) is 9.78. The van der Waals surface area contributed by atoms with Crippen LogP contribution in [0.3, 0.4) is 0 Å². The van der Waals surface area contributed by atoms with Crippen molar-refractivity contribution in [3.63, 3.8) is 0 Å². The van der Waals surface area contributed by atoms with E-state index in [1.165, 1.54) is 4.41 Å². The molecular formula is C24H24N2O3S. The summed E-state index contributed by atoms with van der Waals surface area (Å²) < 4.78 is 33.7. The lowest BCUT2D eigenvalue weighted by molar-refractivity contribution is 0.370. The second-order valence-electron chi connectivity index (χ2n) is 7.45. The van der Waals surface area contributed by atoms with Crippen LogP contribution in [0.15, 0.2) is 82.8 Å². The summed E-state index contributed by atoms with van der Waals surface area (Å²) in [4.78, 5) is 0.275. The molecule has 154 valence electrons. The zero-order chi connectivity index (χ0) is 21.3. The van der Waals surface area contributed by atoms with Gasteiger partial charge in [0.05, 0.1) is 23.8 Å². The van der Waals surface area contributed by atoms with Crippen LogP contribution in [0.1, 0.15) is 34.7 Å². The maximum absolute atomic E-state index is 13.6. The van der Waals surface area contributed by atoms with Gasteiger partial charge in [-0.15, -0.1) is 0 Å². The molecule has 1 aliphatic heterocycles. The van der Waals surface area contributed by atoms with E-state index in [2.05, 4.69) is 5.10 Å². The number of nitrogens with zero attached hydrogens (tertiary/aromatic N) is 2. The van der Waals surface area contributed by atoms with Crippen molar-refractivity contribution in [3.8, 4) is 5.75 Å². The summed E-state index contributed by atoms with van der Waals surface area (Å²) in [6.45, 7) is 3.82. The summed E-state index contributed by atoms with van der Waals surface area (Å²) in [5, 5.41) is 4.61. The van der Waals surface area contributed by atoms with Crippen molar-refractivity contribution in [1.82, 2.24) is 4.41 Å². The molecule has 1 unspecified atom stereocenters. The van der Waals surface area contributed by atoms with Gasteiger partial charge in [0, 0.05) is 6.42 Å². The average Bonchev–Trinajstić information content (AvgIpc) is 3.21. The molecule has 0 aliphatic carbocycles. The minimum atomic E-state index is -3.82. The molecule has 3 aromatic rings. The molecule has 0 saturated heterocycles. The standard InChI is InChI=1S/C24H24N2O3S/c1-17-8-10-19(11-9-17)22-16-23(20-12-14-21(29-3)15-13-20)26(25-22)30(27,28)24-7-5-4-6-18(24)2/h4-15,23H,16H2,1-3H3. The topological polar surface area (TPSA) is 59.0 Å². The fourth-order valence-corrected chi connectivity index (χ4v) is 5.32. The van der Waals surface area contributed by atoms with Gasteiger partial charge in [-0.05, 0) is 48.7 Å². The Morgan fingerprint density at radius 1 is 0.933 bits per heavy atom. The van der Waals surface area contributed by atoms with Crippen LogP contribution in [0.25, 0.3) is 0 Å². The van der Waals surface area contributed by atoms with Gasteiger partial charge in [-0.3, -0.25) is 0 Å². The van der Waals surface area contributed by atoms with E-state index in [9.17, 15) is 8.42 Å². The molecule has 0 bridgehead atoms. The number of benzene rings is 3. The Labute approximate surface area is 177 Å². The summed E-state index contributed by atoms with van der Waals surface area (Å²) in [7, 11) is -2.21. The minimum absolute atomic E-state index is 0.275. The molecule has 0 fully saturated rings. The fourth-order valence-electron chi connectivity index (χ4n) is 3.65. The van der Waals surface area contributed by atoms with E-state index in [-0.39, 0.29) is 4.90 Å². The Kier molecular flexibility index (Phi) is 5.35. The summed E-state index contributed by atoms with van der Waals surface area (Å²) in [5.41, 5.74) is 4.41. The lowest BCUT2D eigenvalue weighted by atomic mass is 9.98. The molecule has 0 amide bonds. The molecule has 0 spiro atoms. The summed E-state index contributed by atoms with van der Waals surface area (Å²) in [6, 6.07) is 22.1. The minimum Gasteiger partial charge on any atom is -0.497 e. The predicted molar refractivity (Wildman–Crippen MR) is 118 cm³/mol. The average molecular weight is 421 g/mol. The van der Waals surface area contributed by atoms with Gasteiger partial charge in [0.15, 0.2) is 0 Å². The summed E-state index contributed by atoms with van der Waals surface area (Å²) in [6.07, 6.45) is 0.500. The Hall–Kier alpha value is -3.12. The number of methoxy groups -OCH3 is 1. The molecule has 0 saturated carbocycles. The van der Waals surface area contributed by atoms with Crippen molar-refractivity contribution in [2.75, 3.05) is 7.11 Å². The van der Waals surface area contributed by atoms with E-state index in [0.29, 0.717) is 12.0 Å². The van der Waals surface area contributed by atoms with Crippen molar-refractivity contribution in [2.24, 2.45) is 5.10 Å². The van der Waals surface area contributed by atoms with Crippen LogP contribution in [-0.4, -0.2) is 25.7 Å². The van der Waals surface area contributed by atoms with Crippen LogP contribution in [0.4, 0.5) is 0 Å². The van der Waals surface area contributed by atoms with Gasteiger partial charge in [-0.1, -0.05) is 60.2 Å². The highest BCUT2D eigenvalue weighted by Gasteiger charge is 2.38. The number of hydrogen-bond acceptors (Lipinski definition) is 4. The third-order valence-corrected chi connectivity index (χ3v) is 7.22. The van der Waals surface area contributed by atoms with Crippen LogP contribution >= 0.6 is 0 Å². The van der Waals surface area contributed by atoms with E-state index < -0.39 is 16.1 Å². The Morgan fingerprint density at radius 3 is 2.23 bits per heavy atom. The first-order chi connectivity index (χ1) is 14.4. The Bertz CT molecular complexity index is 1180. The zero-order valence-corrected chi connectivity index (χ0v) is 18.1. The third kappa shape index (κ3) is 3.71. The lowest BCUT2D eigenvalue weighted by Crippen LogP contribution is -2.27. The van der Waals surface area contributed by atoms with E-state index in [1.807, 2.05) is 61.5 Å². The van der Waals surface area contributed by atoms with Crippen LogP contribution in [0.2, 0.25) is 0 Å². The molecule has 4 rings (SSSR count). The first kappa shape index (κ1) is 20.2. The van der Waals surface area contributed by atoms with Crippen molar-refractivity contribution in [3.05, 3.63) is 95.1 Å². The maximum atomic E-state index is 13.6. The molecule has 1 atom stereocenters. The Balaban J connectivity index is 1.80. The number of hydrogen-bond donors (Lipinski definition) is 0. The van der Waals surface area contributed by atoms with E-state index >= 15 is 0 Å². The van der Waals surface area contributed by atoms with Crippen molar-refractivity contribution in [2.45, 2.75) is 31.2 Å². The molecule has 0 radical (unpaired) electrons. The van der Waals surface area contributed by atoms with Gasteiger partial charge in [0.25, 0.3) is 10.0 Å². The summed E-state index contributed by atoms with van der Waals surface area (Å²) >= 11 is 0. The van der Waals surface area contributed by atoms with Crippen molar-refractivity contribution in [1.29, 1.82) is 0 Å². The van der Waals surface area contributed by atoms with Crippen LogP contribution < -0.4 is 4.74 Å². The monoisotopic (exact) mass is 420 g/mol. The number of hydrazone groups is 1. The number of rotatable bonds is 5. The molecule has 5 nitrogen and oxygen atoms in total. The van der Waals surface area contributed by atoms with Crippen molar-refractivity contribution >= 4 is 15.7 Å². The Morgan fingerprint density at radius 2 is 1.60 bits per heavy atom.